The molecule has 3 heterocycles. The predicted octanol–water partition coefficient (Wildman–Crippen LogP) is 5.65. The van der Waals surface area contributed by atoms with E-state index in [0.29, 0.717) is 36.8 Å². The maximum absolute atomic E-state index is 13.4. The van der Waals surface area contributed by atoms with Gasteiger partial charge in [-0.25, -0.2) is 14.2 Å². The Hall–Kier alpha value is -2.93. The van der Waals surface area contributed by atoms with Crippen molar-refractivity contribution in [3.05, 3.63) is 36.4 Å². The molecule has 0 spiro atoms. The highest BCUT2D eigenvalue weighted by atomic mass is 35.5. The van der Waals surface area contributed by atoms with Crippen LogP contribution in [0.1, 0.15) is 70.3 Å². The molecule has 0 bridgehead atoms. The molecule has 1 saturated heterocycles. The lowest BCUT2D eigenvalue weighted by Crippen LogP contribution is -2.41. The molecule has 5 N–H and O–H groups in total. The first-order valence-corrected chi connectivity index (χ1v) is 14.5. The van der Waals surface area contributed by atoms with E-state index in [4.69, 9.17) is 25.5 Å². The number of hydroxylamine groups is 2. The van der Waals surface area contributed by atoms with Gasteiger partial charge in [-0.3, -0.25) is 5.32 Å². The van der Waals surface area contributed by atoms with Gasteiger partial charge in [-0.1, -0.05) is 18.9 Å². The number of nitrogens with one attached hydrogen (secondary N) is 3. The van der Waals surface area contributed by atoms with Crippen LogP contribution in [0.25, 0.3) is 11.2 Å². The van der Waals surface area contributed by atoms with Crippen molar-refractivity contribution in [1.82, 2.24) is 24.6 Å². The Labute approximate surface area is 257 Å². The van der Waals surface area contributed by atoms with Crippen LogP contribution >= 0.6 is 24.8 Å². The topological polar surface area (TPSA) is 135 Å². The van der Waals surface area contributed by atoms with Gasteiger partial charge in [0.2, 0.25) is 5.95 Å². The molecule has 14 heteroatoms. The molecular formula is C28H40Cl2FN9O2. The number of hydrogen-bond donors (Lipinski definition) is 4. The highest BCUT2D eigenvalue weighted by Gasteiger charge is 2.27. The third-order valence-electron chi connectivity index (χ3n) is 8.32. The quantitative estimate of drug-likeness (QED) is 0.263. The van der Waals surface area contributed by atoms with Crippen LogP contribution in [0.15, 0.2) is 30.6 Å². The number of imidazole rings is 1. The number of nitrogens with two attached hydrogens (primary N) is 1. The van der Waals surface area contributed by atoms with Gasteiger partial charge in [0.15, 0.2) is 17.0 Å². The van der Waals surface area contributed by atoms with Crippen LogP contribution in [0, 0.1) is 5.82 Å². The molecule has 11 nitrogen and oxygen atoms in total. The smallest absolute Gasteiger partial charge is 0.365 e. The number of carbonyl (C=O) groups excluding carboxylic acids is 1. The standard InChI is InChI=1S/C28H38FN9O2.2ClH/c29-18-4-3-5-22(16-18)34-28(39)40-37-14-12-21(13-15-37)32-25-24-26(38(17-31-24)23-6-1-2-7-23)36-27(35-25)33-20-10-8-19(30)9-11-20;;/h3-5,16-17,19-21,23H,1-2,6-15,30H2,(H,34,39)(H2,32,33,35,36);2*1H/t19-,20-;;. The number of piperidine rings is 1. The van der Waals surface area contributed by atoms with Crippen LogP contribution in [-0.2, 0) is 4.84 Å². The molecule has 3 aliphatic rings. The minimum atomic E-state index is -0.633. The van der Waals surface area contributed by atoms with Crippen LogP contribution in [0.5, 0.6) is 0 Å². The Bertz CT molecular complexity index is 1320. The zero-order valence-corrected chi connectivity index (χ0v) is 25.1. The largest absolute Gasteiger partial charge is 0.430 e. The first-order chi connectivity index (χ1) is 19.5. The van der Waals surface area contributed by atoms with Crippen LogP contribution in [0.4, 0.5) is 26.6 Å². The van der Waals surface area contributed by atoms with E-state index in [1.54, 1.807) is 11.1 Å². The first-order valence-electron chi connectivity index (χ1n) is 14.5. The first kappa shape index (κ1) is 32.0. The molecule has 0 radical (unpaired) electrons. The summed E-state index contributed by atoms with van der Waals surface area (Å²) in [5.41, 5.74) is 8.13. The van der Waals surface area contributed by atoms with E-state index in [2.05, 4.69) is 20.5 Å². The van der Waals surface area contributed by atoms with Crippen molar-refractivity contribution in [2.45, 2.75) is 88.4 Å². The highest BCUT2D eigenvalue weighted by molar-refractivity contribution is 5.86. The van der Waals surface area contributed by atoms with Gasteiger partial charge in [0, 0.05) is 42.9 Å². The minimum absolute atomic E-state index is 0. The summed E-state index contributed by atoms with van der Waals surface area (Å²) in [5.74, 6) is 0.947. The number of hydrogen-bond acceptors (Lipinski definition) is 9. The number of halogens is 3. The second kappa shape index (κ2) is 14.5. The summed E-state index contributed by atoms with van der Waals surface area (Å²) < 4.78 is 15.6. The lowest BCUT2D eigenvalue weighted by atomic mass is 9.92. The molecular weight excluding hydrogens is 584 g/mol. The van der Waals surface area contributed by atoms with Crippen LogP contribution in [0.3, 0.4) is 0 Å². The summed E-state index contributed by atoms with van der Waals surface area (Å²) in [6.45, 7) is 1.12. The summed E-state index contributed by atoms with van der Waals surface area (Å²) in [7, 11) is 0. The number of amides is 1. The fourth-order valence-corrected chi connectivity index (χ4v) is 6.09. The number of benzene rings is 1. The molecule has 0 unspecified atom stereocenters. The molecule has 6 rings (SSSR count). The van der Waals surface area contributed by atoms with Crippen molar-refractivity contribution in [2.75, 3.05) is 29.0 Å². The summed E-state index contributed by atoms with van der Waals surface area (Å²) in [4.78, 5) is 32.3. The van der Waals surface area contributed by atoms with Crippen molar-refractivity contribution >= 4 is 59.5 Å². The van der Waals surface area contributed by atoms with E-state index in [1.807, 2.05) is 6.33 Å². The van der Waals surface area contributed by atoms with Crippen molar-refractivity contribution in [3.63, 3.8) is 0 Å². The normalized spacial score (nSPS) is 21.8. The summed E-state index contributed by atoms with van der Waals surface area (Å²) in [6, 6.07) is 6.88. The lowest BCUT2D eigenvalue weighted by Gasteiger charge is -2.31. The summed E-state index contributed by atoms with van der Waals surface area (Å²) >= 11 is 0. The van der Waals surface area contributed by atoms with Gasteiger partial charge < -0.3 is 25.8 Å². The molecule has 230 valence electrons. The molecule has 3 aromatic rings. The zero-order valence-electron chi connectivity index (χ0n) is 23.5. The van der Waals surface area contributed by atoms with Crippen molar-refractivity contribution in [1.29, 1.82) is 0 Å². The van der Waals surface area contributed by atoms with E-state index in [9.17, 15) is 9.18 Å². The third-order valence-corrected chi connectivity index (χ3v) is 8.32. The van der Waals surface area contributed by atoms with Gasteiger partial charge in [-0.05, 0) is 69.6 Å². The Morgan fingerprint density at radius 1 is 0.952 bits per heavy atom. The second-order valence-electron chi connectivity index (χ2n) is 11.3. The number of carbonyl (C=O) groups is 1. The maximum Gasteiger partial charge on any atom is 0.430 e. The molecule has 1 aliphatic heterocycles. The Morgan fingerprint density at radius 3 is 2.38 bits per heavy atom. The zero-order chi connectivity index (χ0) is 27.5. The van der Waals surface area contributed by atoms with E-state index in [1.165, 1.54) is 31.0 Å². The molecule has 2 aliphatic carbocycles. The number of aromatic nitrogens is 4. The fourth-order valence-electron chi connectivity index (χ4n) is 6.09. The minimum Gasteiger partial charge on any atom is -0.365 e. The van der Waals surface area contributed by atoms with Crippen LogP contribution < -0.4 is 21.7 Å². The van der Waals surface area contributed by atoms with Crippen LogP contribution in [0.2, 0.25) is 0 Å². The molecule has 1 amide bonds. The Morgan fingerprint density at radius 2 is 1.67 bits per heavy atom. The number of rotatable bonds is 7. The van der Waals surface area contributed by atoms with E-state index >= 15 is 0 Å². The van der Waals surface area contributed by atoms with E-state index in [-0.39, 0.29) is 36.9 Å². The highest BCUT2D eigenvalue weighted by Crippen LogP contribution is 2.34. The van der Waals surface area contributed by atoms with Gasteiger partial charge in [0.05, 0.1) is 6.33 Å². The molecule has 1 aromatic carbocycles. The van der Waals surface area contributed by atoms with Gasteiger partial charge in [0.25, 0.3) is 0 Å². The van der Waals surface area contributed by atoms with Gasteiger partial charge in [-0.2, -0.15) is 9.97 Å². The summed E-state index contributed by atoms with van der Waals surface area (Å²) in [5, 5.41) is 11.4. The monoisotopic (exact) mass is 623 g/mol. The number of anilines is 3. The van der Waals surface area contributed by atoms with Gasteiger partial charge in [0.1, 0.15) is 5.82 Å². The number of nitrogens with zero attached hydrogens (tertiary/aromatic N) is 5. The summed E-state index contributed by atoms with van der Waals surface area (Å²) in [6.07, 6.45) is 11.6. The van der Waals surface area contributed by atoms with Crippen molar-refractivity contribution < 1.29 is 14.0 Å². The second-order valence-corrected chi connectivity index (χ2v) is 11.3. The van der Waals surface area contributed by atoms with Crippen molar-refractivity contribution in [3.8, 4) is 0 Å². The molecule has 2 aromatic heterocycles. The van der Waals surface area contributed by atoms with E-state index < -0.39 is 11.9 Å². The average Bonchev–Trinajstić information content (AvgIpc) is 3.61. The average molecular weight is 625 g/mol. The molecule has 0 atom stereocenters. The SMILES string of the molecule is Cl.Cl.N[C@H]1CC[C@H](Nc2nc(NC3CCN(OC(=O)Nc4cccc(F)c4)CC3)c3ncn(C4CCCC4)c3n2)CC1. The van der Waals surface area contributed by atoms with Gasteiger partial charge in [-0.15, -0.1) is 29.9 Å². The van der Waals surface area contributed by atoms with E-state index in [0.717, 1.165) is 68.3 Å². The molecule has 2 saturated carbocycles. The maximum atomic E-state index is 13.4. The lowest BCUT2D eigenvalue weighted by molar-refractivity contribution is -0.106. The Balaban J connectivity index is 0.00000202. The number of fused-ring (bicyclic) bond motifs is 1. The van der Waals surface area contributed by atoms with Crippen molar-refractivity contribution in [2.24, 2.45) is 5.73 Å². The third kappa shape index (κ3) is 7.71. The van der Waals surface area contributed by atoms with Gasteiger partial charge >= 0.3 is 6.09 Å². The van der Waals surface area contributed by atoms with Crippen LogP contribution in [-0.4, -0.2) is 61.9 Å². The molecule has 42 heavy (non-hydrogen) atoms. The predicted molar refractivity (Wildman–Crippen MR) is 166 cm³/mol. The fraction of sp³-hybridized carbons (Fsp3) is 0.571. The Kier molecular flexibility index (Phi) is 11.0. The molecule has 3 fully saturated rings.